The van der Waals surface area contributed by atoms with Crippen molar-refractivity contribution in [3.63, 3.8) is 0 Å². The number of ether oxygens (including phenoxy) is 1. The van der Waals surface area contributed by atoms with E-state index in [1.807, 2.05) is 52.0 Å². The minimum atomic E-state index is -0.249. The summed E-state index contributed by atoms with van der Waals surface area (Å²) in [6, 6.07) is 7.71. The van der Waals surface area contributed by atoms with E-state index in [9.17, 15) is 4.79 Å². The van der Waals surface area contributed by atoms with E-state index < -0.39 is 0 Å². The van der Waals surface area contributed by atoms with Crippen molar-refractivity contribution >= 4 is 27.8 Å². The molecule has 0 saturated carbocycles. The van der Waals surface area contributed by atoms with Crippen molar-refractivity contribution in [2.45, 2.75) is 39.3 Å². The first kappa shape index (κ1) is 20.3. The molecule has 0 aromatic heterocycles. The normalized spacial score (nSPS) is 13.2. The second-order valence-corrected chi connectivity index (χ2v) is 7.32. The molecule has 0 saturated heterocycles. The van der Waals surface area contributed by atoms with E-state index in [2.05, 4.69) is 36.9 Å². The molecule has 0 spiro atoms. The number of benzene rings is 1. The molecule has 0 radical (unpaired) electrons. The quantitative estimate of drug-likeness (QED) is 0.507. The van der Waals surface area contributed by atoms with E-state index in [1.165, 1.54) is 0 Å². The summed E-state index contributed by atoms with van der Waals surface area (Å²) >= 11 is 3.46. The van der Waals surface area contributed by atoms with E-state index in [0.717, 1.165) is 10.2 Å². The number of aliphatic imine (C=N–C) groups is 1. The highest BCUT2D eigenvalue weighted by Gasteiger charge is 2.14. The van der Waals surface area contributed by atoms with Gasteiger partial charge in [0, 0.05) is 12.6 Å². The summed E-state index contributed by atoms with van der Waals surface area (Å²) in [4.78, 5) is 15.9. The zero-order valence-corrected chi connectivity index (χ0v) is 16.5. The van der Waals surface area contributed by atoms with Gasteiger partial charge in [-0.05, 0) is 55.8 Å². The summed E-state index contributed by atoms with van der Waals surface area (Å²) < 4.78 is 6.78. The monoisotopic (exact) mass is 398 g/mol. The molecule has 1 rings (SSSR count). The molecule has 0 aliphatic heterocycles. The molecule has 0 aliphatic rings. The van der Waals surface area contributed by atoms with Crippen molar-refractivity contribution in [3.05, 3.63) is 28.7 Å². The predicted molar refractivity (Wildman–Crippen MR) is 101 cm³/mol. The Kier molecular flexibility index (Phi) is 8.04. The predicted octanol–water partition coefficient (Wildman–Crippen LogP) is 2.30. The van der Waals surface area contributed by atoms with Crippen LogP contribution in [0.2, 0.25) is 0 Å². The number of para-hydroxylation sites is 1. The molecule has 0 heterocycles. The number of guanidine groups is 1. The summed E-state index contributed by atoms with van der Waals surface area (Å²) in [6.07, 6.45) is -0.0642. The first-order valence-corrected chi connectivity index (χ1v) is 8.67. The highest BCUT2D eigenvalue weighted by molar-refractivity contribution is 9.10. The fraction of sp³-hybridized carbons (Fsp3) is 0.529. The van der Waals surface area contributed by atoms with Crippen LogP contribution < -0.4 is 20.7 Å². The van der Waals surface area contributed by atoms with Crippen molar-refractivity contribution in [1.29, 1.82) is 0 Å². The van der Waals surface area contributed by atoms with Crippen LogP contribution in [-0.2, 0) is 4.79 Å². The highest BCUT2D eigenvalue weighted by atomic mass is 79.9. The fourth-order valence-electron chi connectivity index (χ4n) is 1.89. The average molecular weight is 399 g/mol. The topological polar surface area (TPSA) is 74.8 Å². The van der Waals surface area contributed by atoms with Gasteiger partial charge in [0.25, 0.3) is 0 Å². The van der Waals surface area contributed by atoms with Crippen LogP contribution in [0.3, 0.4) is 0 Å². The summed E-state index contributed by atoms with van der Waals surface area (Å²) in [5.74, 6) is 1.27. The molecule has 0 aliphatic carbocycles. The molecule has 1 aromatic carbocycles. The number of amides is 1. The zero-order valence-electron chi connectivity index (χ0n) is 14.9. The Labute approximate surface area is 152 Å². The van der Waals surface area contributed by atoms with Gasteiger partial charge in [0.2, 0.25) is 5.91 Å². The number of carbonyl (C=O) groups is 1. The van der Waals surface area contributed by atoms with Gasteiger partial charge >= 0.3 is 0 Å². The van der Waals surface area contributed by atoms with Crippen LogP contribution in [0.1, 0.15) is 27.7 Å². The lowest BCUT2D eigenvalue weighted by molar-refractivity contribution is -0.121. The number of hydrogen-bond donors (Lipinski definition) is 3. The SMILES string of the molecule is CN=C(NCC(=O)NC(C)(C)C)NCC(C)Oc1ccccc1Br. The van der Waals surface area contributed by atoms with Crippen molar-refractivity contribution in [2.75, 3.05) is 20.1 Å². The molecule has 0 bridgehead atoms. The maximum absolute atomic E-state index is 11.8. The van der Waals surface area contributed by atoms with Crippen molar-refractivity contribution in [3.8, 4) is 5.75 Å². The lowest BCUT2D eigenvalue weighted by Crippen LogP contribution is -2.49. The van der Waals surface area contributed by atoms with Gasteiger partial charge in [0.15, 0.2) is 5.96 Å². The summed E-state index contributed by atoms with van der Waals surface area (Å²) in [7, 11) is 1.66. The summed E-state index contributed by atoms with van der Waals surface area (Å²) in [5, 5.41) is 9.02. The van der Waals surface area contributed by atoms with Crippen LogP contribution in [0.15, 0.2) is 33.7 Å². The molecule has 6 nitrogen and oxygen atoms in total. The maximum atomic E-state index is 11.8. The van der Waals surface area contributed by atoms with Gasteiger partial charge in [-0.3, -0.25) is 9.79 Å². The second kappa shape index (κ2) is 9.52. The highest BCUT2D eigenvalue weighted by Crippen LogP contribution is 2.24. The minimum Gasteiger partial charge on any atom is -0.488 e. The van der Waals surface area contributed by atoms with Gasteiger partial charge in [-0.15, -0.1) is 0 Å². The Balaban J connectivity index is 2.38. The van der Waals surface area contributed by atoms with Gasteiger partial charge in [-0.2, -0.15) is 0 Å². The molecule has 134 valence electrons. The molecule has 1 unspecified atom stereocenters. The Morgan fingerprint density at radius 2 is 1.96 bits per heavy atom. The lowest BCUT2D eigenvalue weighted by Gasteiger charge is -2.21. The van der Waals surface area contributed by atoms with Crippen LogP contribution in [0.25, 0.3) is 0 Å². The van der Waals surface area contributed by atoms with Crippen molar-refractivity contribution in [1.82, 2.24) is 16.0 Å². The average Bonchev–Trinajstić information content (AvgIpc) is 2.48. The molecule has 0 fully saturated rings. The smallest absolute Gasteiger partial charge is 0.239 e. The van der Waals surface area contributed by atoms with Gasteiger partial charge in [-0.25, -0.2) is 0 Å². The zero-order chi connectivity index (χ0) is 18.2. The molecular formula is C17H27BrN4O2. The van der Waals surface area contributed by atoms with Crippen molar-refractivity contribution in [2.24, 2.45) is 4.99 Å². The largest absolute Gasteiger partial charge is 0.488 e. The Morgan fingerprint density at radius 3 is 2.54 bits per heavy atom. The Hall–Kier alpha value is -1.76. The number of nitrogens with zero attached hydrogens (tertiary/aromatic N) is 1. The third-order valence-electron chi connectivity index (χ3n) is 2.88. The van der Waals surface area contributed by atoms with Crippen LogP contribution in [-0.4, -0.2) is 43.6 Å². The lowest BCUT2D eigenvalue weighted by atomic mass is 10.1. The molecule has 3 N–H and O–H groups in total. The molecule has 1 aromatic rings. The van der Waals surface area contributed by atoms with E-state index in [0.29, 0.717) is 12.5 Å². The number of halogens is 1. The first-order valence-electron chi connectivity index (χ1n) is 7.88. The van der Waals surface area contributed by atoms with E-state index in [-0.39, 0.29) is 24.1 Å². The minimum absolute atomic E-state index is 0.0642. The number of carbonyl (C=O) groups excluding carboxylic acids is 1. The third kappa shape index (κ3) is 8.19. The van der Waals surface area contributed by atoms with Gasteiger partial charge in [0.1, 0.15) is 11.9 Å². The first-order chi connectivity index (χ1) is 11.2. The van der Waals surface area contributed by atoms with E-state index >= 15 is 0 Å². The van der Waals surface area contributed by atoms with Gasteiger partial charge < -0.3 is 20.7 Å². The standard InChI is InChI=1S/C17H27BrN4O2/c1-12(24-14-9-7-6-8-13(14)18)10-20-16(19-5)21-11-15(23)22-17(2,3)4/h6-9,12H,10-11H2,1-5H3,(H,22,23)(H2,19,20,21). The Bertz CT molecular complexity index is 570. The Morgan fingerprint density at radius 1 is 1.29 bits per heavy atom. The molecule has 1 amide bonds. The fourth-order valence-corrected chi connectivity index (χ4v) is 2.26. The van der Waals surface area contributed by atoms with Gasteiger partial charge in [-0.1, -0.05) is 12.1 Å². The molecule has 24 heavy (non-hydrogen) atoms. The summed E-state index contributed by atoms with van der Waals surface area (Å²) in [5.41, 5.74) is -0.249. The second-order valence-electron chi connectivity index (χ2n) is 6.46. The number of nitrogens with one attached hydrogen (secondary N) is 3. The maximum Gasteiger partial charge on any atom is 0.239 e. The molecule has 1 atom stereocenters. The number of hydrogen-bond acceptors (Lipinski definition) is 3. The summed E-state index contributed by atoms with van der Waals surface area (Å²) in [6.45, 7) is 8.51. The third-order valence-corrected chi connectivity index (χ3v) is 3.53. The van der Waals surface area contributed by atoms with Crippen LogP contribution >= 0.6 is 15.9 Å². The van der Waals surface area contributed by atoms with E-state index in [1.54, 1.807) is 7.05 Å². The molecule has 7 heteroatoms. The van der Waals surface area contributed by atoms with Crippen LogP contribution in [0.5, 0.6) is 5.75 Å². The van der Waals surface area contributed by atoms with Crippen LogP contribution in [0.4, 0.5) is 0 Å². The van der Waals surface area contributed by atoms with Crippen LogP contribution in [0, 0.1) is 0 Å². The van der Waals surface area contributed by atoms with Crippen molar-refractivity contribution < 1.29 is 9.53 Å². The number of rotatable bonds is 6. The van der Waals surface area contributed by atoms with Gasteiger partial charge in [0.05, 0.1) is 17.6 Å². The van der Waals surface area contributed by atoms with E-state index in [4.69, 9.17) is 4.74 Å². The molecular weight excluding hydrogens is 372 g/mol.